The minimum absolute atomic E-state index is 0.225. The monoisotopic (exact) mass is 196 g/mol. The molecule has 0 aromatic heterocycles. The van der Waals surface area contributed by atoms with Crippen molar-refractivity contribution in [3.05, 3.63) is 48.6 Å². The van der Waals surface area contributed by atoms with Gasteiger partial charge in [-0.2, -0.15) is 5.26 Å². The van der Waals surface area contributed by atoms with E-state index in [-0.39, 0.29) is 5.92 Å². The highest BCUT2D eigenvalue weighted by atomic mass is 14.9. The summed E-state index contributed by atoms with van der Waals surface area (Å²) in [7, 11) is 0. The maximum Gasteiger partial charge on any atom is 0.153 e. The van der Waals surface area contributed by atoms with Crippen LogP contribution in [0.15, 0.2) is 48.0 Å². The Kier molecular flexibility index (Phi) is 2.39. The van der Waals surface area contributed by atoms with Gasteiger partial charge in [-0.1, -0.05) is 36.4 Å². The first-order valence-electron chi connectivity index (χ1n) is 4.95. The van der Waals surface area contributed by atoms with Crippen LogP contribution in [0.1, 0.15) is 12.0 Å². The Morgan fingerprint density at radius 3 is 2.73 bits per heavy atom. The van der Waals surface area contributed by atoms with Gasteiger partial charge in [0, 0.05) is 12.1 Å². The molecule has 2 atom stereocenters. The van der Waals surface area contributed by atoms with Crippen molar-refractivity contribution in [3.8, 4) is 6.07 Å². The van der Waals surface area contributed by atoms with Crippen LogP contribution in [0.5, 0.6) is 0 Å². The molecule has 0 heterocycles. The fourth-order valence-electron chi connectivity index (χ4n) is 1.59. The first kappa shape index (κ1) is 9.67. The third-order valence-electron chi connectivity index (χ3n) is 2.71. The zero-order chi connectivity index (χ0) is 10.7. The zero-order valence-corrected chi connectivity index (χ0v) is 8.43. The van der Waals surface area contributed by atoms with E-state index >= 15 is 0 Å². The summed E-state index contributed by atoms with van der Waals surface area (Å²) in [6, 6.07) is 12.1. The molecular formula is C13H12N2. The van der Waals surface area contributed by atoms with Gasteiger partial charge in [0.25, 0.3) is 0 Å². The molecule has 0 amide bonds. The third-order valence-corrected chi connectivity index (χ3v) is 2.71. The first-order valence-corrected chi connectivity index (χ1v) is 4.95. The van der Waals surface area contributed by atoms with Crippen molar-refractivity contribution < 1.29 is 0 Å². The number of nitriles is 1. The molecule has 0 bridgehead atoms. The first-order chi connectivity index (χ1) is 7.30. The fraction of sp³-hybridized carbons (Fsp3) is 0.231. The van der Waals surface area contributed by atoms with Gasteiger partial charge in [-0.05, 0) is 12.0 Å². The largest absolute Gasteiger partial charge is 0.270 e. The van der Waals surface area contributed by atoms with Crippen molar-refractivity contribution in [1.82, 2.24) is 0 Å². The van der Waals surface area contributed by atoms with E-state index in [1.807, 2.05) is 36.4 Å². The molecule has 0 saturated heterocycles. The molecule has 1 aromatic rings. The lowest BCUT2D eigenvalue weighted by molar-refractivity contribution is 0.822. The number of hydrogen-bond donors (Lipinski definition) is 0. The molecule has 1 aliphatic carbocycles. The average Bonchev–Trinajstić information content (AvgIpc) is 3.02. The smallest absolute Gasteiger partial charge is 0.153 e. The van der Waals surface area contributed by atoms with Crippen LogP contribution in [0.2, 0.25) is 0 Å². The molecular weight excluding hydrogens is 184 g/mol. The Bertz CT molecular complexity index is 428. The predicted octanol–water partition coefficient (Wildman–Crippen LogP) is 2.57. The van der Waals surface area contributed by atoms with Gasteiger partial charge in [0.15, 0.2) is 5.54 Å². The zero-order valence-electron chi connectivity index (χ0n) is 8.43. The van der Waals surface area contributed by atoms with Gasteiger partial charge in [-0.15, -0.1) is 6.58 Å². The molecule has 0 N–H and O–H groups in total. The molecule has 2 heteroatoms. The quantitative estimate of drug-likeness (QED) is 0.540. The summed E-state index contributed by atoms with van der Waals surface area (Å²) < 4.78 is 0. The van der Waals surface area contributed by atoms with E-state index in [1.54, 1.807) is 6.21 Å². The van der Waals surface area contributed by atoms with Crippen LogP contribution in [0, 0.1) is 17.2 Å². The Morgan fingerprint density at radius 1 is 1.47 bits per heavy atom. The Balaban J connectivity index is 2.13. The van der Waals surface area contributed by atoms with Gasteiger partial charge < -0.3 is 0 Å². The topological polar surface area (TPSA) is 36.1 Å². The summed E-state index contributed by atoms with van der Waals surface area (Å²) in [6.07, 6.45) is 4.38. The number of benzene rings is 1. The van der Waals surface area contributed by atoms with Crippen LogP contribution in [-0.4, -0.2) is 11.8 Å². The van der Waals surface area contributed by atoms with E-state index in [2.05, 4.69) is 17.6 Å². The van der Waals surface area contributed by atoms with Gasteiger partial charge in [-0.25, -0.2) is 0 Å². The highest BCUT2D eigenvalue weighted by molar-refractivity contribution is 5.80. The minimum atomic E-state index is -0.530. The van der Waals surface area contributed by atoms with E-state index in [4.69, 9.17) is 5.26 Å². The van der Waals surface area contributed by atoms with Crippen LogP contribution in [0.3, 0.4) is 0 Å². The van der Waals surface area contributed by atoms with E-state index in [0.717, 1.165) is 12.0 Å². The van der Waals surface area contributed by atoms with Crippen molar-refractivity contribution in [2.24, 2.45) is 10.9 Å². The van der Waals surface area contributed by atoms with Gasteiger partial charge >= 0.3 is 0 Å². The van der Waals surface area contributed by atoms with Crippen LogP contribution >= 0.6 is 0 Å². The molecule has 1 fully saturated rings. The molecule has 74 valence electrons. The molecule has 0 aliphatic heterocycles. The second-order valence-electron chi connectivity index (χ2n) is 3.75. The second-order valence-corrected chi connectivity index (χ2v) is 3.75. The molecule has 1 aromatic carbocycles. The summed E-state index contributed by atoms with van der Waals surface area (Å²) in [4.78, 5) is 4.35. The lowest BCUT2D eigenvalue weighted by Gasteiger charge is -1.98. The number of hydrogen-bond acceptors (Lipinski definition) is 2. The lowest BCUT2D eigenvalue weighted by Crippen LogP contribution is -2.04. The van der Waals surface area contributed by atoms with Crippen molar-refractivity contribution in [3.63, 3.8) is 0 Å². The third kappa shape index (κ3) is 1.82. The predicted molar refractivity (Wildman–Crippen MR) is 60.7 cm³/mol. The summed E-state index contributed by atoms with van der Waals surface area (Å²) in [5.41, 5.74) is 0.499. The number of aliphatic imine (C=N–C) groups is 1. The SMILES string of the molecule is C=CC1CC1(C#N)N=Cc1ccccc1. The van der Waals surface area contributed by atoms with E-state index in [9.17, 15) is 0 Å². The lowest BCUT2D eigenvalue weighted by atomic mass is 10.2. The van der Waals surface area contributed by atoms with Crippen LogP contribution < -0.4 is 0 Å². The van der Waals surface area contributed by atoms with Gasteiger partial charge in [0.05, 0.1) is 6.07 Å². The van der Waals surface area contributed by atoms with E-state index in [0.29, 0.717) is 0 Å². The van der Waals surface area contributed by atoms with Gasteiger partial charge in [-0.3, -0.25) is 4.99 Å². The molecule has 0 radical (unpaired) electrons. The van der Waals surface area contributed by atoms with Gasteiger partial charge in [0.2, 0.25) is 0 Å². The van der Waals surface area contributed by atoms with Crippen molar-refractivity contribution in [2.45, 2.75) is 12.0 Å². The molecule has 1 saturated carbocycles. The normalized spacial score (nSPS) is 28.6. The van der Waals surface area contributed by atoms with Crippen LogP contribution in [0.4, 0.5) is 0 Å². The summed E-state index contributed by atoms with van der Waals surface area (Å²) in [5, 5.41) is 9.02. The van der Waals surface area contributed by atoms with Crippen molar-refractivity contribution >= 4 is 6.21 Å². The maximum absolute atomic E-state index is 9.02. The molecule has 2 rings (SSSR count). The fourth-order valence-corrected chi connectivity index (χ4v) is 1.59. The molecule has 0 spiro atoms. The minimum Gasteiger partial charge on any atom is -0.270 e. The van der Waals surface area contributed by atoms with Crippen LogP contribution in [-0.2, 0) is 0 Å². The Morgan fingerprint density at radius 2 is 2.20 bits per heavy atom. The van der Waals surface area contributed by atoms with Gasteiger partial charge in [0.1, 0.15) is 0 Å². The van der Waals surface area contributed by atoms with E-state index < -0.39 is 5.54 Å². The second kappa shape index (κ2) is 3.70. The standard InChI is InChI=1S/C13H12N2/c1-2-12-8-13(12,10-14)15-9-11-6-4-3-5-7-11/h2-7,9,12H,1,8H2. The Labute approximate surface area is 89.6 Å². The molecule has 1 aliphatic rings. The van der Waals surface area contributed by atoms with Crippen molar-refractivity contribution in [1.29, 1.82) is 5.26 Å². The summed E-state index contributed by atoms with van der Waals surface area (Å²) in [5.74, 6) is 0.225. The van der Waals surface area contributed by atoms with Crippen LogP contribution in [0.25, 0.3) is 0 Å². The van der Waals surface area contributed by atoms with Crippen molar-refractivity contribution in [2.75, 3.05) is 0 Å². The van der Waals surface area contributed by atoms with E-state index in [1.165, 1.54) is 0 Å². The number of nitrogens with zero attached hydrogens (tertiary/aromatic N) is 2. The molecule has 2 nitrogen and oxygen atoms in total. The molecule has 2 unspecified atom stereocenters. The summed E-state index contributed by atoms with van der Waals surface area (Å²) >= 11 is 0. The molecule has 15 heavy (non-hydrogen) atoms. The summed E-state index contributed by atoms with van der Waals surface area (Å²) in [6.45, 7) is 3.70. The highest BCUT2D eigenvalue weighted by Crippen LogP contribution is 2.47. The maximum atomic E-state index is 9.02. The number of rotatable bonds is 3. The Hall–Kier alpha value is -1.88. The highest BCUT2D eigenvalue weighted by Gasteiger charge is 2.53. The average molecular weight is 196 g/mol.